The summed E-state index contributed by atoms with van der Waals surface area (Å²) in [6, 6.07) is 5.72. The van der Waals surface area contributed by atoms with E-state index in [0.29, 0.717) is 37.6 Å². The number of amides is 1. The SMILES string of the molecule is CC1CCCC(N)(C(=O)N(CCC#N)Cc2ccco2)C1. The van der Waals surface area contributed by atoms with Crippen LogP contribution in [0, 0.1) is 17.2 Å². The van der Waals surface area contributed by atoms with E-state index >= 15 is 0 Å². The number of carbonyl (C=O) groups excluding carboxylic acids is 1. The molecule has 2 N–H and O–H groups in total. The lowest BCUT2D eigenvalue weighted by Gasteiger charge is -2.38. The summed E-state index contributed by atoms with van der Waals surface area (Å²) in [5, 5.41) is 8.80. The maximum Gasteiger partial charge on any atom is 0.243 e. The highest BCUT2D eigenvalue weighted by Gasteiger charge is 2.40. The zero-order valence-corrected chi connectivity index (χ0v) is 12.5. The zero-order valence-electron chi connectivity index (χ0n) is 12.5. The van der Waals surface area contributed by atoms with Gasteiger partial charge in [0, 0.05) is 6.54 Å². The van der Waals surface area contributed by atoms with Gasteiger partial charge in [-0.15, -0.1) is 0 Å². The van der Waals surface area contributed by atoms with Crippen LogP contribution in [-0.2, 0) is 11.3 Å². The predicted molar refractivity (Wildman–Crippen MR) is 78.9 cm³/mol. The van der Waals surface area contributed by atoms with Gasteiger partial charge in [0.15, 0.2) is 0 Å². The smallest absolute Gasteiger partial charge is 0.243 e. The number of nitrogens with zero attached hydrogens (tertiary/aromatic N) is 2. The van der Waals surface area contributed by atoms with Crippen molar-refractivity contribution in [1.82, 2.24) is 4.90 Å². The summed E-state index contributed by atoms with van der Waals surface area (Å²) in [6.45, 7) is 2.91. The molecule has 0 saturated heterocycles. The fourth-order valence-electron chi connectivity index (χ4n) is 3.13. The van der Waals surface area contributed by atoms with Crippen molar-refractivity contribution in [3.8, 4) is 6.07 Å². The maximum absolute atomic E-state index is 12.8. The van der Waals surface area contributed by atoms with Gasteiger partial charge in [-0.3, -0.25) is 4.79 Å². The van der Waals surface area contributed by atoms with Crippen molar-refractivity contribution in [2.75, 3.05) is 6.54 Å². The molecule has 2 atom stereocenters. The molecular formula is C16H23N3O2. The van der Waals surface area contributed by atoms with Crippen molar-refractivity contribution in [2.24, 2.45) is 11.7 Å². The Bertz CT molecular complexity index is 506. The Balaban J connectivity index is 2.11. The van der Waals surface area contributed by atoms with Crippen LogP contribution in [0.15, 0.2) is 22.8 Å². The molecule has 0 aromatic carbocycles. The fourth-order valence-corrected chi connectivity index (χ4v) is 3.13. The molecule has 0 aliphatic heterocycles. The molecule has 1 aromatic heterocycles. The lowest BCUT2D eigenvalue weighted by Crippen LogP contribution is -2.57. The molecule has 0 radical (unpaired) electrons. The molecule has 5 heteroatoms. The van der Waals surface area contributed by atoms with E-state index in [-0.39, 0.29) is 5.91 Å². The van der Waals surface area contributed by atoms with Crippen LogP contribution in [0.25, 0.3) is 0 Å². The molecule has 2 rings (SSSR count). The van der Waals surface area contributed by atoms with Gasteiger partial charge in [0.05, 0.1) is 30.8 Å². The minimum absolute atomic E-state index is 0.0549. The minimum atomic E-state index is -0.792. The van der Waals surface area contributed by atoms with Gasteiger partial charge >= 0.3 is 0 Å². The summed E-state index contributed by atoms with van der Waals surface area (Å²) in [7, 11) is 0. The van der Waals surface area contributed by atoms with Gasteiger partial charge in [-0.1, -0.05) is 19.8 Å². The molecule has 1 fully saturated rings. The van der Waals surface area contributed by atoms with E-state index in [1.165, 1.54) is 0 Å². The van der Waals surface area contributed by atoms with Gasteiger partial charge < -0.3 is 15.1 Å². The zero-order chi connectivity index (χ0) is 15.3. The minimum Gasteiger partial charge on any atom is -0.467 e. The van der Waals surface area contributed by atoms with E-state index in [4.69, 9.17) is 15.4 Å². The highest BCUT2D eigenvalue weighted by molar-refractivity contribution is 5.86. The van der Waals surface area contributed by atoms with Gasteiger partial charge in [-0.25, -0.2) is 0 Å². The Hall–Kier alpha value is -1.80. The second kappa shape index (κ2) is 6.77. The monoisotopic (exact) mass is 289 g/mol. The van der Waals surface area contributed by atoms with E-state index in [2.05, 4.69) is 13.0 Å². The van der Waals surface area contributed by atoms with Crippen LogP contribution in [0.5, 0.6) is 0 Å². The second-order valence-corrected chi connectivity index (χ2v) is 6.07. The quantitative estimate of drug-likeness (QED) is 0.902. The molecule has 5 nitrogen and oxygen atoms in total. The second-order valence-electron chi connectivity index (χ2n) is 6.07. The summed E-state index contributed by atoms with van der Waals surface area (Å²) in [5.74, 6) is 1.13. The average Bonchev–Trinajstić information content (AvgIpc) is 2.95. The Kier molecular flexibility index (Phi) is 5.03. The van der Waals surface area contributed by atoms with E-state index in [1.54, 1.807) is 17.2 Å². The summed E-state index contributed by atoms with van der Waals surface area (Å²) in [4.78, 5) is 14.5. The number of carbonyl (C=O) groups is 1. The van der Waals surface area contributed by atoms with Crippen molar-refractivity contribution in [3.05, 3.63) is 24.2 Å². The first-order chi connectivity index (χ1) is 10.0. The van der Waals surface area contributed by atoms with Crippen LogP contribution in [0.4, 0.5) is 0 Å². The van der Waals surface area contributed by atoms with Gasteiger partial charge in [0.1, 0.15) is 5.76 Å². The van der Waals surface area contributed by atoms with Crippen LogP contribution in [0.1, 0.15) is 44.8 Å². The summed E-state index contributed by atoms with van der Waals surface area (Å²) in [6.07, 6.45) is 5.44. The molecule has 1 aliphatic carbocycles. The number of furan rings is 1. The number of hydrogen-bond donors (Lipinski definition) is 1. The highest BCUT2D eigenvalue weighted by atomic mass is 16.3. The lowest BCUT2D eigenvalue weighted by atomic mass is 9.76. The largest absolute Gasteiger partial charge is 0.467 e. The Labute approximate surface area is 125 Å². The molecule has 0 bridgehead atoms. The van der Waals surface area contributed by atoms with Gasteiger partial charge in [0.25, 0.3) is 0 Å². The number of hydrogen-bond acceptors (Lipinski definition) is 4. The van der Waals surface area contributed by atoms with E-state index in [1.807, 2.05) is 6.07 Å². The first kappa shape index (κ1) is 15.6. The molecular weight excluding hydrogens is 266 g/mol. The summed E-state index contributed by atoms with van der Waals surface area (Å²) < 4.78 is 5.32. The van der Waals surface area contributed by atoms with Crippen molar-refractivity contribution < 1.29 is 9.21 Å². The van der Waals surface area contributed by atoms with Crippen molar-refractivity contribution in [3.63, 3.8) is 0 Å². The van der Waals surface area contributed by atoms with Crippen molar-refractivity contribution >= 4 is 5.91 Å². The maximum atomic E-state index is 12.8. The van der Waals surface area contributed by atoms with E-state index < -0.39 is 5.54 Å². The highest BCUT2D eigenvalue weighted by Crippen LogP contribution is 2.32. The third-order valence-corrected chi connectivity index (χ3v) is 4.17. The average molecular weight is 289 g/mol. The lowest BCUT2D eigenvalue weighted by molar-refractivity contribution is -0.139. The molecule has 1 amide bonds. The molecule has 0 spiro atoms. The Morgan fingerprint density at radius 1 is 1.67 bits per heavy atom. The van der Waals surface area contributed by atoms with Crippen LogP contribution in [-0.4, -0.2) is 22.9 Å². The van der Waals surface area contributed by atoms with Crippen LogP contribution in [0.3, 0.4) is 0 Å². The predicted octanol–water partition coefficient (Wildman–Crippen LogP) is 2.43. The number of rotatable bonds is 5. The topological polar surface area (TPSA) is 83.3 Å². The molecule has 1 saturated carbocycles. The summed E-state index contributed by atoms with van der Waals surface area (Å²) >= 11 is 0. The molecule has 21 heavy (non-hydrogen) atoms. The van der Waals surface area contributed by atoms with Crippen molar-refractivity contribution in [2.45, 2.75) is 51.1 Å². The van der Waals surface area contributed by atoms with Gasteiger partial charge in [-0.2, -0.15) is 5.26 Å². The molecule has 2 unspecified atom stereocenters. The van der Waals surface area contributed by atoms with Gasteiger partial charge in [-0.05, 0) is 30.9 Å². The van der Waals surface area contributed by atoms with Crippen LogP contribution in [0.2, 0.25) is 0 Å². The van der Waals surface area contributed by atoms with Crippen LogP contribution >= 0.6 is 0 Å². The number of nitrogens with two attached hydrogens (primary N) is 1. The fraction of sp³-hybridized carbons (Fsp3) is 0.625. The number of nitriles is 1. The Morgan fingerprint density at radius 2 is 2.48 bits per heavy atom. The Morgan fingerprint density at radius 3 is 3.10 bits per heavy atom. The molecule has 114 valence electrons. The molecule has 1 heterocycles. The first-order valence-electron chi connectivity index (χ1n) is 7.53. The first-order valence-corrected chi connectivity index (χ1v) is 7.53. The van der Waals surface area contributed by atoms with Crippen LogP contribution < -0.4 is 5.73 Å². The third-order valence-electron chi connectivity index (χ3n) is 4.17. The standard InChI is InChI=1S/C16H23N3O2/c1-13-5-2-7-16(18,11-13)15(20)19(9-4-8-17)12-14-6-3-10-21-14/h3,6,10,13H,2,4-5,7,9,11-12,18H2,1H3. The normalized spacial score (nSPS) is 25.3. The summed E-state index contributed by atoms with van der Waals surface area (Å²) in [5.41, 5.74) is 5.60. The molecule has 1 aliphatic rings. The third kappa shape index (κ3) is 3.85. The van der Waals surface area contributed by atoms with Gasteiger partial charge in [0.2, 0.25) is 5.91 Å². The van der Waals surface area contributed by atoms with E-state index in [0.717, 1.165) is 19.3 Å². The molecule has 1 aromatic rings. The van der Waals surface area contributed by atoms with E-state index in [9.17, 15) is 4.79 Å². The van der Waals surface area contributed by atoms with Crippen molar-refractivity contribution in [1.29, 1.82) is 5.26 Å².